The van der Waals surface area contributed by atoms with Crippen LogP contribution in [0.2, 0.25) is 0 Å². The second-order valence-corrected chi connectivity index (χ2v) is 5.58. The Balaban J connectivity index is 2.48. The van der Waals surface area contributed by atoms with Gasteiger partial charge in [0, 0.05) is 27.4 Å². The summed E-state index contributed by atoms with van der Waals surface area (Å²) in [6.45, 7) is 2.09. The summed E-state index contributed by atoms with van der Waals surface area (Å²) < 4.78 is 0.625. The van der Waals surface area contributed by atoms with E-state index in [2.05, 4.69) is 27.8 Å². The molecule has 0 saturated carbocycles. The van der Waals surface area contributed by atoms with Gasteiger partial charge in [-0.05, 0) is 21.8 Å². The van der Waals surface area contributed by atoms with Crippen molar-refractivity contribution in [2.45, 2.75) is 6.92 Å². The van der Waals surface area contributed by atoms with Crippen molar-refractivity contribution >= 4 is 38.3 Å². The van der Waals surface area contributed by atoms with Crippen LogP contribution in [-0.2, 0) is 0 Å². The molecule has 0 amide bonds. The van der Waals surface area contributed by atoms with Gasteiger partial charge in [0.05, 0.1) is 4.92 Å². The topological polar surface area (TPSA) is 56.0 Å². The summed E-state index contributed by atoms with van der Waals surface area (Å²) in [5.74, 6) is 1.41. The van der Waals surface area contributed by atoms with Gasteiger partial charge in [0.1, 0.15) is 0 Å². The van der Waals surface area contributed by atoms with Gasteiger partial charge in [0.2, 0.25) is 0 Å². The van der Waals surface area contributed by atoms with Crippen LogP contribution in [0.15, 0.2) is 22.8 Å². The Bertz CT molecular complexity index is 476. The van der Waals surface area contributed by atoms with Crippen molar-refractivity contribution in [3.63, 3.8) is 0 Å². The minimum atomic E-state index is -0.391. The zero-order valence-corrected chi connectivity index (χ0v) is 10.9. The van der Waals surface area contributed by atoms with Crippen LogP contribution in [-0.4, -0.2) is 15.7 Å². The number of aromatic nitrogens is 1. The molecular formula is C10H9BrN2O2S. The van der Waals surface area contributed by atoms with E-state index in [9.17, 15) is 10.1 Å². The predicted molar refractivity (Wildman–Crippen MR) is 68.2 cm³/mol. The third kappa shape index (κ3) is 2.27. The molecule has 4 nitrogen and oxygen atoms in total. The van der Waals surface area contributed by atoms with Crippen molar-refractivity contribution < 1.29 is 4.92 Å². The highest BCUT2D eigenvalue weighted by molar-refractivity contribution is 9.10. The fourth-order valence-corrected chi connectivity index (χ4v) is 2.96. The van der Waals surface area contributed by atoms with Crippen molar-refractivity contribution in [1.82, 2.24) is 4.98 Å². The summed E-state index contributed by atoms with van der Waals surface area (Å²) in [6, 6.07) is 1.49. The summed E-state index contributed by atoms with van der Waals surface area (Å²) in [7, 11) is 0. The lowest BCUT2D eigenvalue weighted by molar-refractivity contribution is -0.385. The van der Waals surface area contributed by atoms with Crippen LogP contribution in [0.25, 0.3) is 4.91 Å². The molecule has 16 heavy (non-hydrogen) atoms. The number of allylic oxidation sites excluding steroid dienone is 1. The van der Waals surface area contributed by atoms with Crippen LogP contribution in [0.3, 0.4) is 0 Å². The average Bonchev–Trinajstić information content (AvgIpc) is 2.64. The molecule has 2 rings (SSSR count). The number of hydrogen-bond acceptors (Lipinski definition) is 4. The minimum absolute atomic E-state index is 0.0576. The fraction of sp³-hybridized carbons (Fsp3) is 0.300. The standard InChI is InChI=1S/C10H9BrN2O2S/c1-6-2-9(16-5-6)10-8(13(14)15)3-7(11)4-12-10/h2-4,6H,5H2,1H3. The molecule has 0 aromatic carbocycles. The Kier molecular flexibility index (Phi) is 3.30. The number of pyridine rings is 1. The Hall–Kier alpha value is -0.880. The van der Waals surface area contributed by atoms with Crippen LogP contribution >= 0.6 is 27.7 Å². The first-order valence-electron chi connectivity index (χ1n) is 4.73. The maximum absolute atomic E-state index is 10.9. The maximum Gasteiger partial charge on any atom is 0.297 e. The molecule has 0 radical (unpaired) electrons. The lowest BCUT2D eigenvalue weighted by atomic mass is 10.2. The second-order valence-electron chi connectivity index (χ2n) is 3.60. The van der Waals surface area contributed by atoms with E-state index < -0.39 is 4.92 Å². The lowest BCUT2D eigenvalue weighted by Gasteiger charge is -2.02. The van der Waals surface area contributed by atoms with E-state index in [-0.39, 0.29) is 5.69 Å². The maximum atomic E-state index is 10.9. The number of hydrogen-bond donors (Lipinski definition) is 0. The van der Waals surface area contributed by atoms with Gasteiger partial charge >= 0.3 is 0 Å². The number of rotatable bonds is 2. The van der Waals surface area contributed by atoms with E-state index >= 15 is 0 Å². The van der Waals surface area contributed by atoms with Crippen molar-refractivity contribution in [2.75, 3.05) is 5.75 Å². The smallest absolute Gasteiger partial charge is 0.258 e. The Morgan fingerprint density at radius 1 is 1.69 bits per heavy atom. The molecule has 6 heteroatoms. The molecule has 0 aliphatic carbocycles. The molecule has 2 heterocycles. The predicted octanol–water partition coefficient (Wildman–Crippen LogP) is 3.48. The van der Waals surface area contributed by atoms with Gasteiger partial charge in [-0.15, -0.1) is 11.8 Å². The molecule has 0 fully saturated rings. The van der Waals surface area contributed by atoms with E-state index in [1.54, 1.807) is 18.0 Å². The molecule has 0 saturated heterocycles. The third-order valence-electron chi connectivity index (χ3n) is 2.20. The first-order chi connectivity index (χ1) is 7.58. The van der Waals surface area contributed by atoms with E-state index in [1.807, 2.05) is 6.08 Å². The molecule has 1 unspecified atom stereocenters. The lowest BCUT2D eigenvalue weighted by Crippen LogP contribution is -1.96. The van der Waals surface area contributed by atoms with Gasteiger partial charge in [0.25, 0.3) is 5.69 Å². The SMILES string of the molecule is CC1C=C(c2ncc(Br)cc2[N+](=O)[O-])SC1. The van der Waals surface area contributed by atoms with Crippen LogP contribution in [0.4, 0.5) is 5.69 Å². The Labute approximate surface area is 105 Å². The molecule has 0 bridgehead atoms. The van der Waals surface area contributed by atoms with Crippen LogP contribution in [0, 0.1) is 16.0 Å². The highest BCUT2D eigenvalue weighted by atomic mass is 79.9. The molecule has 1 aliphatic heterocycles. The quantitative estimate of drug-likeness (QED) is 0.620. The normalized spacial score (nSPS) is 19.6. The molecule has 1 aliphatic rings. The van der Waals surface area contributed by atoms with Crippen molar-refractivity contribution in [1.29, 1.82) is 0 Å². The summed E-state index contributed by atoms with van der Waals surface area (Å²) in [4.78, 5) is 15.6. The van der Waals surface area contributed by atoms with Crippen molar-refractivity contribution in [3.05, 3.63) is 38.6 Å². The number of halogens is 1. The zero-order valence-electron chi connectivity index (χ0n) is 8.51. The Morgan fingerprint density at radius 2 is 2.44 bits per heavy atom. The molecule has 1 aromatic rings. The third-order valence-corrected chi connectivity index (χ3v) is 3.97. The van der Waals surface area contributed by atoms with Gasteiger partial charge in [-0.25, -0.2) is 4.98 Å². The number of nitrogens with zero attached hydrogens (tertiary/aromatic N) is 2. The molecule has 84 valence electrons. The molecule has 0 spiro atoms. The summed E-state index contributed by atoms with van der Waals surface area (Å²) in [5.41, 5.74) is 0.532. The minimum Gasteiger partial charge on any atom is -0.258 e. The van der Waals surface area contributed by atoms with E-state index in [0.29, 0.717) is 16.1 Å². The zero-order chi connectivity index (χ0) is 11.7. The van der Waals surface area contributed by atoms with Gasteiger partial charge < -0.3 is 0 Å². The fourth-order valence-electron chi connectivity index (χ4n) is 1.48. The van der Waals surface area contributed by atoms with Gasteiger partial charge in [-0.3, -0.25) is 10.1 Å². The average molecular weight is 301 g/mol. The summed E-state index contributed by atoms with van der Waals surface area (Å²) >= 11 is 4.81. The first kappa shape index (κ1) is 11.6. The van der Waals surface area contributed by atoms with Crippen LogP contribution in [0.5, 0.6) is 0 Å². The van der Waals surface area contributed by atoms with E-state index in [1.165, 1.54) is 6.07 Å². The summed E-state index contributed by atoms with van der Waals surface area (Å²) in [5, 5.41) is 10.9. The molecular weight excluding hydrogens is 292 g/mol. The molecule has 0 N–H and O–H groups in total. The second kappa shape index (κ2) is 4.55. The largest absolute Gasteiger partial charge is 0.297 e. The van der Waals surface area contributed by atoms with E-state index in [4.69, 9.17) is 0 Å². The monoisotopic (exact) mass is 300 g/mol. The molecule has 1 atom stereocenters. The number of thioether (sulfide) groups is 1. The van der Waals surface area contributed by atoms with E-state index in [0.717, 1.165) is 10.7 Å². The van der Waals surface area contributed by atoms with Gasteiger partial charge in [0.15, 0.2) is 5.69 Å². The highest BCUT2D eigenvalue weighted by Crippen LogP contribution is 2.39. The van der Waals surface area contributed by atoms with Gasteiger partial charge in [-0.1, -0.05) is 13.0 Å². The Morgan fingerprint density at radius 3 is 3.00 bits per heavy atom. The molecule has 1 aromatic heterocycles. The van der Waals surface area contributed by atoms with Crippen molar-refractivity contribution in [2.24, 2.45) is 5.92 Å². The van der Waals surface area contributed by atoms with Crippen LogP contribution in [0.1, 0.15) is 12.6 Å². The first-order valence-corrected chi connectivity index (χ1v) is 6.50. The van der Waals surface area contributed by atoms with Crippen LogP contribution < -0.4 is 0 Å². The highest BCUT2D eigenvalue weighted by Gasteiger charge is 2.23. The number of nitro groups is 1. The van der Waals surface area contributed by atoms with Crippen molar-refractivity contribution in [3.8, 4) is 0 Å². The summed E-state index contributed by atoms with van der Waals surface area (Å²) in [6.07, 6.45) is 3.63. The van der Waals surface area contributed by atoms with Gasteiger partial charge in [-0.2, -0.15) is 0 Å².